The number of nitrogens with zero attached hydrogens (tertiary/aromatic N) is 1. The molecule has 53 valence electrons. The molecule has 0 N–H and O–H groups in total. The molecule has 0 fully saturated rings. The highest BCUT2D eigenvalue weighted by Gasteiger charge is 2.28. The van der Waals surface area contributed by atoms with Crippen LogP contribution in [0.2, 0.25) is 0 Å². The van der Waals surface area contributed by atoms with Crippen LogP contribution in [-0.4, -0.2) is 25.0 Å². The fourth-order valence-electron chi connectivity index (χ4n) is 1.40. The molecule has 0 amide bonds. The van der Waals surface area contributed by atoms with Crippen LogP contribution in [0.1, 0.15) is 12.8 Å². The van der Waals surface area contributed by atoms with Crippen molar-refractivity contribution < 1.29 is 4.74 Å². The van der Waals surface area contributed by atoms with E-state index in [1.165, 1.54) is 0 Å². The van der Waals surface area contributed by atoms with Crippen LogP contribution in [0.25, 0.3) is 0 Å². The topological polar surface area (TPSA) is 23.3 Å². The Hall–Kier alpha value is -0.630. The Balaban J connectivity index is 2.21. The Morgan fingerprint density at radius 2 is 2.60 bits per heavy atom. The van der Waals surface area contributed by atoms with Crippen molar-refractivity contribution in [2.45, 2.75) is 18.9 Å². The minimum Gasteiger partial charge on any atom is -0.360 e. The van der Waals surface area contributed by atoms with Crippen molar-refractivity contribution in [1.82, 2.24) is 4.99 Å². The maximum Gasteiger partial charge on any atom is 0.274 e. The summed E-state index contributed by atoms with van der Waals surface area (Å²) in [5.74, 6) is 0. The van der Waals surface area contributed by atoms with Gasteiger partial charge in [-0.2, -0.15) is 0 Å². The number of hydrogen-bond donors (Lipinski definition) is 0. The molecule has 1 radical (unpaired) electrons. The van der Waals surface area contributed by atoms with Gasteiger partial charge in [-0.05, 0) is 12.8 Å². The third-order valence-electron chi connectivity index (χ3n) is 1.92. The molecule has 2 nitrogen and oxygen atoms in total. The van der Waals surface area contributed by atoms with E-state index >= 15 is 0 Å². The monoisotopic (exact) mass is 137 g/mol. The molecule has 2 rings (SSSR count). The van der Waals surface area contributed by atoms with Gasteiger partial charge in [-0.15, -0.1) is 0 Å². The second-order valence-corrected chi connectivity index (χ2v) is 2.65. The van der Waals surface area contributed by atoms with Crippen LogP contribution in [0.5, 0.6) is 0 Å². The predicted octanol–water partition coefficient (Wildman–Crippen LogP) is 0.512. The Kier molecular flexibility index (Phi) is 1.55. The second kappa shape index (κ2) is 2.54. The molecular formula is C8H11NO+. The van der Waals surface area contributed by atoms with Crippen LogP contribution in [0, 0.1) is 0 Å². The molecule has 0 bridgehead atoms. The van der Waals surface area contributed by atoms with Crippen LogP contribution in [0.3, 0.4) is 0 Å². The van der Waals surface area contributed by atoms with Crippen molar-refractivity contribution in [2.24, 2.45) is 0 Å². The van der Waals surface area contributed by atoms with E-state index in [9.17, 15) is 0 Å². The molecule has 2 heteroatoms. The molecule has 10 heavy (non-hydrogen) atoms. The fourth-order valence-corrected chi connectivity index (χ4v) is 1.40. The summed E-state index contributed by atoms with van der Waals surface area (Å²) < 4.78 is 5.50. The van der Waals surface area contributed by atoms with Crippen molar-refractivity contribution in [1.29, 1.82) is 0 Å². The third kappa shape index (κ3) is 0.991. The van der Waals surface area contributed by atoms with Crippen LogP contribution in [-0.2, 0) is 4.74 Å². The third-order valence-corrected chi connectivity index (χ3v) is 1.92. The molecule has 1 aliphatic heterocycles. The van der Waals surface area contributed by atoms with Crippen LogP contribution in [0.15, 0.2) is 12.2 Å². The minimum absolute atomic E-state index is 0.318. The number of hydrogen-bond acceptors (Lipinski definition) is 2. The first-order valence-corrected chi connectivity index (χ1v) is 3.79. The van der Waals surface area contributed by atoms with Crippen molar-refractivity contribution in [2.75, 3.05) is 13.2 Å². The largest absolute Gasteiger partial charge is 0.360 e. The number of ether oxygens (including phenoxy) is 1. The predicted molar refractivity (Wildman–Crippen MR) is 40.1 cm³/mol. The lowest BCUT2D eigenvalue weighted by atomic mass is 10.0. The maximum atomic E-state index is 5.50. The van der Waals surface area contributed by atoms with Gasteiger partial charge in [-0.25, -0.2) is 0 Å². The van der Waals surface area contributed by atoms with Gasteiger partial charge in [0.15, 0.2) is 0 Å². The highest BCUT2D eigenvalue weighted by molar-refractivity contribution is 5.98. The van der Waals surface area contributed by atoms with Gasteiger partial charge in [0.25, 0.3) is 5.71 Å². The van der Waals surface area contributed by atoms with E-state index in [2.05, 4.69) is 17.1 Å². The average Bonchev–Trinajstić information content (AvgIpc) is 2.05. The van der Waals surface area contributed by atoms with Gasteiger partial charge < -0.3 is 4.74 Å². The van der Waals surface area contributed by atoms with Crippen molar-refractivity contribution in [3.63, 3.8) is 0 Å². The van der Waals surface area contributed by atoms with Gasteiger partial charge in [0, 0.05) is 11.1 Å². The summed E-state index contributed by atoms with van der Waals surface area (Å²) in [6.45, 7) is 1.65. The SMILES string of the molecule is C1=CC2=[N+]CCOC2CC1. The molecule has 0 aromatic rings. The Bertz CT molecular complexity index is 184. The lowest BCUT2D eigenvalue weighted by molar-refractivity contribution is 0.0856. The van der Waals surface area contributed by atoms with Gasteiger partial charge in [-0.1, -0.05) is 6.08 Å². The molecule has 0 aromatic carbocycles. The summed E-state index contributed by atoms with van der Waals surface area (Å²) in [5, 5.41) is 0. The Morgan fingerprint density at radius 3 is 3.50 bits per heavy atom. The molecule has 0 spiro atoms. The van der Waals surface area contributed by atoms with Crippen LogP contribution in [0.4, 0.5) is 0 Å². The lowest BCUT2D eigenvalue weighted by Crippen LogP contribution is -2.35. The summed E-state index contributed by atoms with van der Waals surface area (Å²) in [4.78, 5) is 4.36. The number of fused-ring (bicyclic) bond motifs is 1. The summed E-state index contributed by atoms with van der Waals surface area (Å²) >= 11 is 0. The molecule has 1 heterocycles. The highest BCUT2D eigenvalue weighted by Crippen LogP contribution is 2.12. The first-order chi connectivity index (χ1) is 4.97. The Morgan fingerprint density at radius 1 is 1.60 bits per heavy atom. The summed E-state index contributed by atoms with van der Waals surface area (Å²) in [6, 6.07) is 0. The summed E-state index contributed by atoms with van der Waals surface area (Å²) in [5.41, 5.74) is 1.15. The van der Waals surface area contributed by atoms with Gasteiger partial charge in [0.1, 0.15) is 12.7 Å². The van der Waals surface area contributed by atoms with Crippen LogP contribution < -0.4 is 4.99 Å². The zero-order valence-corrected chi connectivity index (χ0v) is 5.92. The second-order valence-electron chi connectivity index (χ2n) is 2.65. The zero-order valence-electron chi connectivity index (χ0n) is 5.92. The normalized spacial score (nSPS) is 31.2. The first-order valence-electron chi connectivity index (χ1n) is 3.79. The fraction of sp³-hybridized carbons (Fsp3) is 0.625. The molecule has 0 saturated heterocycles. The highest BCUT2D eigenvalue weighted by atomic mass is 16.5. The minimum atomic E-state index is 0.318. The standard InChI is InChI=1S/C8H11NO/c1-2-4-8-7(3-1)9-5-6-10-8/h1,3,8H,2,4-6H2/q+1. The van der Waals surface area contributed by atoms with E-state index in [1.807, 2.05) is 0 Å². The van der Waals surface area contributed by atoms with Crippen molar-refractivity contribution >= 4 is 5.71 Å². The zero-order chi connectivity index (χ0) is 6.81. The van der Waals surface area contributed by atoms with E-state index in [1.54, 1.807) is 0 Å². The average molecular weight is 137 g/mol. The summed E-state index contributed by atoms with van der Waals surface area (Å²) in [6.07, 6.45) is 6.84. The van der Waals surface area contributed by atoms with E-state index in [4.69, 9.17) is 4.74 Å². The van der Waals surface area contributed by atoms with Gasteiger partial charge in [0.05, 0.1) is 0 Å². The van der Waals surface area contributed by atoms with Gasteiger partial charge in [-0.3, -0.25) is 0 Å². The number of allylic oxidation sites excluding steroid dienone is 1. The molecule has 2 aliphatic rings. The molecule has 1 unspecified atom stereocenters. The van der Waals surface area contributed by atoms with E-state index < -0.39 is 0 Å². The van der Waals surface area contributed by atoms with Gasteiger partial charge >= 0.3 is 0 Å². The molecule has 0 aromatic heterocycles. The maximum absolute atomic E-state index is 5.50. The van der Waals surface area contributed by atoms with Crippen LogP contribution >= 0.6 is 0 Å². The molecule has 1 aliphatic carbocycles. The summed E-state index contributed by atoms with van der Waals surface area (Å²) in [7, 11) is 0. The van der Waals surface area contributed by atoms with E-state index in [0.29, 0.717) is 6.10 Å². The quantitative estimate of drug-likeness (QED) is 0.477. The molecule has 0 saturated carbocycles. The van der Waals surface area contributed by atoms with Gasteiger partial charge in [0.2, 0.25) is 6.54 Å². The number of rotatable bonds is 0. The van der Waals surface area contributed by atoms with Crippen molar-refractivity contribution in [3.05, 3.63) is 12.2 Å². The lowest BCUT2D eigenvalue weighted by Gasteiger charge is -2.16. The Labute approximate surface area is 60.6 Å². The first kappa shape index (κ1) is 6.10. The van der Waals surface area contributed by atoms with Crippen molar-refractivity contribution in [3.8, 4) is 0 Å². The molecule has 1 atom stereocenters. The van der Waals surface area contributed by atoms with E-state index in [-0.39, 0.29) is 0 Å². The molecular weight excluding hydrogens is 126 g/mol. The van der Waals surface area contributed by atoms with E-state index in [0.717, 1.165) is 31.7 Å². The smallest absolute Gasteiger partial charge is 0.274 e. The number of aliphatic imine (C=N–C) groups is 1.